The van der Waals surface area contributed by atoms with E-state index in [1.807, 2.05) is 20.1 Å². The second-order valence-corrected chi connectivity index (χ2v) is 5.73. The van der Waals surface area contributed by atoms with Gasteiger partial charge in [-0.1, -0.05) is 11.6 Å². The van der Waals surface area contributed by atoms with Gasteiger partial charge >= 0.3 is 5.69 Å². The Morgan fingerprint density at radius 1 is 1.53 bits per heavy atom. The maximum atomic E-state index is 11.5. The summed E-state index contributed by atoms with van der Waals surface area (Å²) in [5.41, 5.74) is -0.833. The van der Waals surface area contributed by atoms with E-state index in [4.69, 9.17) is 11.6 Å². The van der Waals surface area contributed by atoms with E-state index in [-0.39, 0.29) is 15.5 Å². The lowest BCUT2D eigenvalue weighted by atomic mass is 10.2. The minimum atomic E-state index is -0.463. The Hall–Kier alpha value is -0.680. The van der Waals surface area contributed by atoms with Gasteiger partial charge in [0, 0.05) is 17.4 Å². The molecule has 0 aromatic carbocycles. The quantitative estimate of drug-likeness (QED) is 0.822. The molecule has 0 amide bonds. The second kappa shape index (κ2) is 4.45. The van der Waals surface area contributed by atoms with Crippen LogP contribution in [0.15, 0.2) is 15.7 Å². The third-order valence-corrected chi connectivity index (χ3v) is 3.52. The molecule has 0 fully saturated rings. The summed E-state index contributed by atoms with van der Waals surface area (Å²) in [5.74, 6) is 0. The Balaban J connectivity index is 3.17. The average Bonchev–Trinajstić information content (AvgIpc) is 2.11. The van der Waals surface area contributed by atoms with E-state index in [2.05, 4.69) is 4.98 Å². The van der Waals surface area contributed by atoms with Crippen molar-refractivity contribution in [3.8, 4) is 0 Å². The fourth-order valence-corrected chi connectivity index (χ4v) is 1.52. The van der Waals surface area contributed by atoms with Gasteiger partial charge in [0.1, 0.15) is 5.15 Å². The Morgan fingerprint density at radius 3 is 2.60 bits per heavy atom. The van der Waals surface area contributed by atoms with Crippen molar-refractivity contribution in [1.29, 1.82) is 0 Å². The van der Waals surface area contributed by atoms with Gasteiger partial charge in [-0.2, -0.15) is 11.8 Å². The molecule has 0 radical (unpaired) electrons. The Labute approximate surface area is 96.7 Å². The molecule has 1 aromatic rings. The highest BCUT2D eigenvalue weighted by Gasteiger charge is 2.18. The van der Waals surface area contributed by atoms with Crippen LogP contribution in [0.4, 0.5) is 0 Å². The van der Waals surface area contributed by atoms with Crippen molar-refractivity contribution in [3.63, 3.8) is 0 Å². The molecule has 1 rings (SSSR count). The van der Waals surface area contributed by atoms with Gasteiger partial charge in [-0.25, -0.2) is 4.79 Å². The van der Waals surface area contributed by atoms with Crippen LogP contribution < -0.4 is 11.2 Å². The van der Waals surface area contributed by atoms with Crippen LogP contribution in [-0.4, -0.2) is 20.6 Å². The van der Waals surface area contributed by atoms with E-state index in [0.717, 1.165) is 4.57 Å². The summed E-state index contributed by atoms with van der Waals surface area (Å²) >= 11 is 7.15. The first-order chi connectivity index (χ1) is 6.85. The van der Waals surface area contributed by atoms with Crippen LogP contribution in [0.3, 0.4) is 0 Å². The van der Waals surface area contributed by atoms with Crippen LogP contribution >= 0.6 is 23.4 Å². The number of hydrogen-bond acceptors (Lipinski definition) is 3. The van der Waals surface area contributed by atoms with Crippen molar-refractivity contribution in [2.24, 2.45) is 0 Å². The maximum absolute atomic E-state index is 11.5. The number of aromatic amines is 1. The molecule has 0 aliphatic heterocycles. The monoisotopic (exact) mass is 248 g/mol. The number of thioether (sulfide) groups is 1. The zero-order valence-corrected chi connectivity index (χ0v) is 10.4. The predicted molar refractivity (Wildman–Crippen MR) is 63.9 cm³/mol. The summed E-state index contributed by atoms with van der Waals surface area (Å²) in [6.45, 7) is 4.30. The molecule has 0 aliphatic rings. The zero-order valence-electron chi connectivity index (χ0n) is 8.83. The summed E-state index contributed by atoms with van der Waals surface area (Å²) in [7, 11) is 0. The highest BCUT2D eigenvalue weighted by atomic mass is 35.5. The van der Waals surface area contributed by atoms with Crippen molar-refractivity contribution < 1.29 is 0 Å². The van der Waals surface area contributed by atoms with Crippen LogP contribution in [0.1, 0.15) is 13.8 Å². The number of halogens is 1. The molecule has 0 aliphatic carbocycles. The normalized spacial score (nSPS) is 11.7. The van der Waals surface area contributed by atoms with Gasteiger partial charge in [0.15, 0.2) is 0 Å². The summed E-state index contributed by atoms with van der Waals surface area (Å²) in [5, 5.41) is 0.0724. The topological polar surface area (TPSA) is 54.9 Å². The molecule has 0 saturated carbocycles. The van der Waals surface area contributed by atoms with E-state index in [1.54, 1.807) is 11.8 Å². The number of aromatic nitrogens is 2. The van der Waals surface area contributed by atoms with Crippen molar-refractivity contribution in [2.75, 3.05) is 6.26 Å². The fourth-order valence-electron chi connectivity index (χ4n) is 1.09. The SMILES string of the molecule is CSC(C)(C)Cn1c(=O)cc(Cl)[nH]c1=O. The first-order valence-corrected chi connectivity index (χ1v) is 6.01. The number of nitrogens with zero attached hydrogens (tertiary/aromatic N) is 1. The van der Waals surface area contributed by atoms with E-state index in [1.165, 1.54) is 6.07 Å². The smallest absolute Gasteiger partial charge is 0.298 e. The third kappa shape index (κ3) is 3.14. The molecule has 0 saturated heterocycles. The van der Waals surface area contributed by atoms with Crippen LogP contribution in [0, 0.1) is 0 Å². The molecule has 1 N–H and O–H groups in total. The lowest BCUT2D eigenvalue weighted by Gasteiger charge is -2.22. The first-order valence-electron chi connectivity index (χ1n) is 4.40. The van der Waals surface area contributed by atoms with Gasteiger partial charge in [-0.3, -0.25) is 14.3 Å². The molecular weight excluding hydrogens is 236 g/mol. The Bertz CT molecular complexity index is 433. The highest BCUT2D eigenvalue weighted by Crippen LogP contribution is 2.21. The molecule has 15 heavy (non-hydrogen) atoms. The van der Waals surface area contributed by atoms with Crippen LogP contribution in [0.2, 0.25) is 5.15 Å². The summed E-state index contributed by atoms with van der Waals surface area (Å²) in [4.78, 5) is 25.4. The molecule has 4 nitrogen and oxygen atoms in total. The molecule has 0 spiro atoms. The molecule has 0 atom stereocenters. The van der Waals surface area contributed by atoms with Crippen molar-refractivity contribution >= 4 is 23.4 Å². The molecule has 0 unspecified atom stereocenters. The van der Waals surface area contributed by atoms with E-state index < -0.39 is 5.69 Å². The molecular formula is C9H13ClN2O2S. The number of H-pyrrole nitrogens is 1. The van der Waals surface area contributed by atoms with Gasteiger partial charge in [-0.15, -0.1) is 0 Å². The molecule has 0 bridgehead atoms. The van der Waals surface area contributed by atoms with Gasteiger partial charge in [0.05, 0.1) is 0 Å². The Kier molecular flexibility index (Phi) is 3.67. The van der Waals surface area contributed by atoms with Gasteiger partial charge in [-0.05, 0) is 20.1 Å². The lowest BCUT2D eigenvalue weighted by Crippen LogP contribution is -2.40. The summed E-state index contributed by atoms with van der Waals surface area (Å²) in [6.07, 6.45) is 1.94. The summed E-state index contributed by atoms with van der Waals surface area (Å²) in [6, 6.07) is 1.21. The van der Waals surface area contributed by atoms with Crippen LogP contribution in [-0.2, 0) is 6.54 Å². The summed E-state index contributed by atoms with van der Waals surface area (Å²) < 4.78 is 0.993. The molecule has 1 aromatic heterocycles. The van der Waals surface area contributed by atoms with Crippen molar-refractivity contribution in [2.45, 2.75) is 25.1 Å². The van der Waals surface area contributed by atoms with Crippen molar-refractivity contribution in [3.05, 3.63) is 32.1 Å². The lowest BCUT2D eigenvalue weighted by molar-refractivity contribution is 0.531. The third-order valence-electron chi connectivity index (χ3n) is 2.08. The van der Waals surface area contributed by atoms with Gasteiger partial charge in [0.25, 0.3) is 5.56 Å². The molecule has 1 heterocycles. The molecule has 6 heteroatoms. The van der Waals surface area contributed by atoms with Gasteiger partial charge < -0.3 is 0 Å². The van der Waals surface area contributed by atoms with Crippen LogP contribution in [0.5, 0.6) is 0 Å². The highest BCUT2D eigenvalue weighted by molar-refractivity contribution is 7.99. The van der Waals surface area contributed by atoms with Gasteiger partial charge in [0.2, 0.25) is 0 Å². The standard InChI is InChI=1S/C9H13ClN2O2S/c1-9(2,15-3)5-12-7(13)4-6(10)11-8(12)14/h4H,5H2,1-3H3,(H,11,14). The Morgan fingerprint density at radius 2 is 2.13 bits per heavy atom. The van der Waals surface area contributed by atoms with E-state index in [9.17, 15) is 9.59 Å². The van der Waals surface area contributed by atoms with E-state index in [0.29, 0.717) is 6.54 Å². The van der Waals surface area contributed by atoms with E-state index >= 15 is 0 Å². The first kappa shape index (κ1) is 12.4. The van der Waals surface area contributed by atoms with Crippen molar-refractivity contribution in [1.82, 2.24) is 9.55 Å². The minimum Gasteiger partial charge on any atom is -0.298 e. The largest absolute Gasteiger partial charge is 0.329 e. The number of hydrogen-bond donors (Lipinski definition) is 1. The zero-order chi connectivity index (χ0) is 11.6. The number of rotatable bonds is 3. The maximum Gasteiger partial charge on any atom is 0.329 e. The fraction of sp³-hybridized carbons (Fsp3) is 0.556. The average molecular weight is 249 g/mol. The molecule has 84 valence electrons. The second-order valence-electron chi connectivity index (χ2n) is 3.81. The minimum absolute atomic E-state index is 0.0724. The number of nitrogens with one attached hydrogen (secondary N) is 1. The van der Waals surface area contributed by atoms with Crippen LogP contribution in [0.25, 0.3) is 0 Å². The predicted octanol–water partition coefficient (Wildman–Crippen LogP) is 1.33.